The zero-order valence-electron chi connectivity index (χ0n) is 12.0. The Labute approximate surface area is 138 Å². The summed E-state index contributed by atoms with van der Waals surface area (Å²) >= 11 is 9.73. The summed E-state index contributed by atoms with van der Waals surface area (Å²) in [6.07, 6.45) is 0.697. The number of rotatable bonds is 5. The van der Waals surface area contributed by atoms with Crippen LogP contribution < -0.4 is 16.0 Å². The highest BCUT2D eigenvalue weighted by molar-refractivity contribution is 9.10. The SMILES string of the molecule is COc1ccc(C)cc1CC(NN)c1ccc(Br)cc1Cl. The van der Waals surface area contributed by atoms with Crippen molar-refractivity contribution in [2.45, 2.75) is 19.4 Å². The number of methoxy groups -OCH3 is 1. The Morgan fingerprint density at radius 1 is 1.29 bits per heavy atom. The monoisotopic (exact) mass is 368 g/mol. The highest BCUT2D eigenvalue weighted by atomic mass is 79.9. The molecular weight excluding hydrogens is 352 g/mol. The fourth-order valence-corrected chi connectivity index (χ4v) is 3.13. The predicted octanol–water partition coefficient (Wildman–Crippen LogP) is 4.17. The molecule has 5 heteroatoms. The third-order valence-electron chi connectivity index (χ3n) is 3.40. The van der Waals surface area contributed by atoms with Gasteiger partial charge in [-0.1, -0.05) is 51.3 Å². The Hall–Kier alpha value is -1.07. The van der Waals surface area contributed by atoms with Gasteiger partial charge in [-0.3, -0.25) is 11.3 Å². The molecular formula is C16H18BrClN2O. The molecule has 0 spiro atoms. The van der Waals surface area contributed by atoms with E-state index in [2.05, 4.69) is 34.3 Å². The van der Waals surface area contributed by atoms with Gasteiger partial charge in [0.25, 0.3) is 0 Å². The maximum atomic E-state index is 6.32. The van der Waals surface area contributed by atoms with Gasteiger partial charge in [0.05, 0.1) is 13.2 Å². The molecule has 1 atom stereocenters. The van der Waals surface area contributed by atoms with Crippen molar-refractivity contribution in [2.75, 3.05) is 7.11 Å². The van der Waals surface area contributed by atoms with Gasteiger partial charge in [0.1, 0.15) is 5.75 Å². The second kappa shape index (κ2) is 7.27. The van der Waals surface area contributed by atoms with E-state index in [-0.39, 0.29) is 6.04 Å². The van der Waals surface area contributed by atoms with E-state index < -0.39 is 0 Å². The Balaban J connectivity index is 2.33. The summed E-state index contributed by atoms with van der Waals surface area (Å²) in [6, 6.07) is 11.8. The molecule has 0 heterocycles. The molecule has 2 aromatic rings. The molecule has 3 N–H and O–H groups in total. The van der Waals surface area contributed by atoms with Crippen LogP contribution in [0.15, 0.2) is 40.9 Å². The van der Waals surface area contributed by atoms with E-state index in [9.17, 15) is 0 Å². The van der Waals surface area contributed by atoms with Gasteiger partial charge in [-0.25, -0.2) is 0 Å². The third kappa shape index (κ3) is 3.98. The first-order chi connectivity index (χ1) is 10.0. The molecule has 0 saturated heterocycles. The number of hydrogen-bond donors (Lipinski definition) is 2. The number of ether oxygens (including phenoxy) is 1. The van der Waals surface area contributed by atoms with Crippen LogP contribution in [0.4, 0.5) is 0 Å². The van der Waals surface area contributed by atoms with Crippen LogP contribution in [0, 0.1) is 6.92 Å². The van der Waals surface area contributed by atoms with Crippen LogP contribution in [-0.2, 0) is 6.42 Å². The topological polar surface area (TPSA) is 47.3 Å². The first kappa shape index (κ1) is 16.3. The average molecular weight is 370 g/mol. The number of hydrazine groups is 1. The van der Waals surface area contributed by atoms with E-state index in [1.165, 1.54) is 5.56 Å². The van der Waals surface area contributed by atoms with Crippen molar-refractivity contribution in [2.24, 2.45) is 5.84 Å². The summed E-state index contributed by atoms with van der Waals surface area (Å²) in [5, 5.41) is 0.680. The number of aryl methyl sites for hydroxylation is 1. The fraction of sp³-hybridized carbons (Fsp3) is 0.250. The zero-order chi connectivity index (χ0) is 15.4. The predicted molar refractivity (Wildman–Crippen MR) is 90.7 cm³/mol. The smallest absolute Gasteiger partial charge is 0.122 e. The number of hydrogen-bond acceptors (Lipinski definition) is 3. The Morgan fingerprint density at radius 3 is 2.67 bits per heavy atom. The van der Waals surface area contributed by atoms with Crippen molar-refractivity contribution in [3.63, 3.8) is 0 Å². The first-order valence-corrected chi connectivity index (χ1v) is 7.77. The molecule has 0 radical (unpaired) electrons. The maximum absolute atomic E-state index is 6.32. The molecule has 2 aromatic carbocycles. The fourth-order valence-electron chi connectivity index (χ4n) is 2.33. The minimum atomic E-state index is -0.0821. The lowest BCUT2D eigenvalue weighted by Crippen LogP contribution is -2.30. The van der Waals surface area contributed by atoms with Crippen LogP contribution in [0.25, 0.3) is 0 Å². The van der Waals surface area contributed by atoms with E-state index in [0.717, 1.165) is 21.3 Å². The molecule has 3 nitrogen and oxygen atoms in total. The van der Waals surface area contributed by atoms with Crippen LogP contribution in [0.5, 0.6) is 5.75 Å². The van der Waals surface area contributed by atoms with Crippen molar-refractivity contribution < 1.29 is 4.74 Å². The Kier molecular flexibility index (Phi) is 5.65. The van der Waals surface area contributed by atoms with Gasteiger partial charge >= 0.3 is 0 Å². The molecule has 112 valence electrons. The summed E-state index contributed by atoms with van der Waals surface area (Å²) in [5.41, 5.74) is 6.09. The van der Waals surface area contributed by atoms with Gasteiger partial charge in [0.15, 0.2) is 0 Å². The minimum absolute atomic E-state index is 0.0821. The van der Waals surface area contributed by atoms with E-state index in [4.69, 9.17) is 22.2 Å². The Morgan fingerprint density at radius 2 is 2.05 bits per heavy atom. The summed E-state index contributed by atoms with van der Waals surface area (Å²) in [7, 11) is 1.67. The highest BCUT2D eigenvalue weighted by Crippen LogP contribution is 2.30. The molecule has 0 aliphatic heterocycles. The van der Waals surface area contributed by atoms with Crippen LogP contribution in [0.2, 0.25) is 5.02 Å². The Bertz CT molecular complexity index is 634. The third-order valence-corrected chi connectivity index (χ3v) is 4.22. The highest BCUT2D eigenvalue weighted by Gasteiger charge is 2.16. The largest absolute Gasteiger partial charge is 0.496 e. The van der Waals surface area contributed by atoms with Crippen LogP contribution in [0.3, 0.4) is 0 Å². The van der Waals surface area contributed by atoms with Gasteiger partial charge in [0.2, 0.25) is 0 Å². The van der Waals surface area contributed by atoms with Crippen LogP contribution >= 0.6 is 27.5 Å². The van der Waals surface area contributed by atoms with Gasteiger partial charge in [-0.2, -0.15) is 0 Å². The molecule has 0 aromatic heterocycles. The van der Waals surface area contributed by atoms with Gasteiger partial charge in [-0.15, -0.1) is 0 Å². The first-order valence-electron chi connectivity index (χ1n) is 6.59. The molecule has 0 saturated carbocycles. The number of benzene rings is 2. The summed E-state index contributed by atoms with van der Waals surface area (Å²) in [6.45, 7) is 2.06. The lowest BCUT2D eigenvalue weighted by molar-refractivity contribution is 0.405. The quantitative estimate of drug-likeness (QED) is 0.614. The standard InChI is InChI=1S/C16H18BrClN2O/c1-10-3-6-16(21-2)11(7-10)8-15(20-19)13-5-4-12(17)9-14(13)18/h3-7,9,15,20H,8,19H2,1-2H3. The van der Waals surface area contributed by atoms with Crippen LogP contribution in [0.1, 0.15) is 22.7 Å². The molecule has 0 aliphatic carbocycles. The van der Waals surface area contributed by atoms with Crippen molar-refractivity contribution in [3.05, 3.63) is 62.6 Å². The molecule has 0 bridgehead atoms. The maximum Gasteiger partial charge on any atom is 0.122 e. The van der Waals surface area contributed by atoms with E-state index in [1.807, 2.05) is 30.3 Å². The van der Waals surface area contributed by atoms with E-state index >= 15 is 0 Å². The van der Waals surface area contributed by atoms with Crippen LogP contribution in [-0.4, -0.2) is 7.11 Å². The van der Waals surface area contributed by atoms with E-state index in [0.29, 0.717) is 11.4 Å². The second-order valence-corrected chi connectivity index (χ2v) is 6.23. The lowest BCUT2D eigenvalue weighted by atomic mass is 9.97. The molecule has 0 aliphatic rings. The molecule has 1 unspecified atom stereocenters. The summed E-state index contributed by atoms with van der Waals surface area (Å²) in [4.78, 5) is 0. The summed E-state index contributed by atoms with van der Waals surface area (Å²) < 4.78 is 6.37. The molecule has 0 amide bonds. The van der Waals surface area contributed by atoms with E-state index in [1.54, 1.807) is 7.11 Å². The molecule has 0 fully saturated rings. The minimum Gasteiger partial charge on any atom is -0.496 e. The van der Waals surface area contributed by atoms with Gasteiger partial charge in [0, 0.05) is 9.50 Å². The van der Waals surface area contributed by atoms with Crippen molar-refractivity contribution in [1.82, 2.24) is 5.43 Å². The van der Waals surface area contributed by atoms with Crippen molar-refractivity contribution in [1.29, 1.82) is 0 Å². The lowest BCUT2D eigenvalue weighted by Gasteiger charge is -2.19. The second-order valence-electron chi connectivity index (χ2n) is 4.90. The van der Waals surface area contributed by atoms with Gasteiger partial charge < -0.3 is 4.74 Å². The summed E-state index contributed by atoms with van der Waals surface area (Å²) in [5.74, 6) is 6.58. The normalized spacial score (nSPS) is 12.2. The van der Waals surface area contributed by atoms with Gasteiger partial charge in [-0.05, 0) is 42.7 Å². The molecule has 21 heavy (non-hydrogen) atoms. The average Bonchev–Trinajstić information content (AvgIpc) is 2.45. The number of nitrogens with one attached hydrogen (secondary N) is 1. The van der Waals surface area contributed by atoms with Crippen molar-refractivity contribution >= 4 is 27.5 Å². The number of nitrogens with two attached hydrogens (primary N) is 1. The zero-order valence-corrected chi connectivity index (χ0v) is 14.3. The molecule has 2 rings (SSSR count). The number of halogens is 2. The van der Waals surface area contributed by atoms with Crippen molar-refractivity contribution in [3.8, 4) is 5.75 Å².